The summed E-state index contributed by atoms with van der Waals surface area (Å²) in [6.07, 6.45) is 0.415. The van der Waals surface area contributed by atoms with Crippen LogP contribution < -0.4 is 0 Å². The first-order valence-corrected chi connectivity index (χ1v) is 8.35. The lowest BCUT2D eigenvalue weighted by molar-refractivity contribution is -0.141. The Morgan fingerprint density at radius 1 is 1.29 bits per heavy atom. The van der Waals surface area contributed by atoms with Gasteiger partial charge in [0.25, 0.3) is 0 Å². The highest BCUT2D eigenvalue weighted by molar-refractivity contribution is 5.69. The number of fused-ring (bicyclic) bond motifs is 2. The minimum atomic E-state index is -1.06. The van der Waals surface area contributed by atoms with Gasteiger partial charge in [-0.25, -0.2) is 4.79 Å². The van der Waals surface area contributed by atoms with Crippen LogP contribution in [0, 0.1) is 13.8 Å². The van der Waals surface area contributed by atoms with Crippen LogP contribution in [0.1, 0.15) is 50.6 Å². The lowest BCUT2D eigenvalue weighted by Gasteiger charge is -2.51. The van der Waals surface area contributed by atoms with Gasteiger partial charge in [-0.15, -0.1) is 0 Å². The second-order valence-corrected chi connectivity index (χ2v) is 7.87. The van der Waals surface area contributed by atoms with Crippen LogP contribution in [0.2, 0.25) is 0 Å². The molecule has 2 aliphatic rings. The molecule has 0 aliphatic carbocycles. The quantitative estimate of drug-likeness (QED) is 0.845. The van der Waals surface area contributed by atoms with Gasteiger partial charge in [-0.1, -0.05) is 5.16 Å². The summed E-state index contributed by atoms with van der Waals surface area (Å²) in [4.78, 5) is 14.3. The molecule has 0 aromatic carbocycles. The van der Waals surface area contributed by atoms with Gasteiger partial charge in [0.2, 0.25) is 0 Å². The number of rotatable bonds is 1. The number of aryl methyl sites for hydroxylation is 2. The molecule has 2 saturated heterocycles. The number of hydrogen-bond donors (Lipinski definition) is 1. The first-order valence-electron chi connectivity index (χ1n) is 8.35. The molecule has 3 rings (SSSR count). The van der Waals surface area contributed by atoms with Gasteiger partial charge < -0.3 is 19.1 Å². The molecular formula is C17H26N2O5. The number of morpholine rings is 1. The molecule has 24 heavy (non-hydrogen) atoms. The molecule has 1 N–H and O–H groups in total. The van der Waals surface area contributed by atoms with Crippen molar-refractivity contribution in [2.24, 2.45) is 0 Å². The Morgan fingerprint density at radius 2 is 1.88 bits per heavy atom. The minimum Gasteiger partial charge on any atom is -0.444 e. The highest BCUT2D eigenvalue weighted by atomic mass is 16.6. The fourth-order valence-corrected chi connectivity index (χ4v) is 3.94. The van der Waals surface area contributed by atoms with Crippen molar-refractivity contribution in [1.82, 2.24) is 10.1 Å². The summed E-state index contributed by atoms with van der Waals surface area (Å²) in [6.45, 7) is 9.96. The molecule has 0 radical (unpaired) electrons. The van der Waals surface area contributed by atoms with Crippen molar-refractivity contribution >= 4 is 6.09 Å². The molecule has 3 heterocycles. The summed E-state index contributed by atoms with van der Waals surface area (Å²) in [7, 11) is 0. The topological polar surface area (TPSA) is 85.0 Å². The molecule has 2 fully saturated rings. The molecule has 2 atom stereocenters. The normalized spacial score (nSPS) is 30.3. The SMILES string of the molecule is Cc1noc(C)c1C1(O)CC2COCC(C1)N2C(=O)OC(C)(C)C. The van der Waals surface area contributed by atoms with Crippen molar-refractivity contribution in [2.45, 2.75) is 70.7 Å². The zero-order valence-corrected chi connectivity index (χ0v) is 15.0. The van der Waals surface area contributed by atoms with E-state index in [0.717, 1.165) is 5.56 Å². The highest BCUT2D eigenvalue weighted by Gasteiger charge is 2.51. The van der Waals surface area contributed by atoms with Gasteiger partial charge in [-0.2, -0.15) is 0 Å². The van der Waals surface area contributed by atoms with Gasteiger partial charge in [0.15, 0.2) is 0 Å². The minimum absolute atomic E-state index is 0.231. The highest BCUT2D eigenvalue weighted by Crippen LogP contribution is 2.43. The molecule has 2 unspecified atom stereocenters. The van der Waals surface area contributed by atoms with E-state index in [1.807, 2.05) is 27.7 Å². The van der Waals surface area contributed by atoms with Gasteiger partial charge in [0.1, 0.15) is 11.4 Å². The lowest BCUT2D eigenvalue weighted by atomic mass is 9.76. The smallest absolute Gasteiger partial charge is 0.410 e. The summed E-state index contributed by atoms with van der Waals surface area (Å²) in [5.41, 5.74) is -0.184. The van der Waals surface area contributed by atoms with Crippen LogP contribution in [0.3, 0.4) is 0 Å². The Labute approximate surface area is 141 Å². The lowest BCUT2D eigenvalue weighted by Crippen LogP contribution is -2.63. The summed E-state index contributed by atoms with van der Waals surface area (Å²) in [5.74, 6) is 0.625. The Morgan fingerprint density at radius 3 is 2.33 bits per heavy atom. The van der Waals surface area contributed by atoms with Crippen LogP contribution in [0.25, 0.3) is 0 Å². The third-order valence-electron chi connectivity index (χ3n) is 4.66. The van der Waals surface area contributed by atoms with Gasteiger partial charge >= 0.3 is 6.09 Å². The Bertz CT molecular complexity index is 600. The zero-order chi connectivity index (χ0) is 17.7. The second-order valence-electron chi connectivity index (χ2n) is 7.87. The van der Waals surface area contributed by atoms with Gasteiger partial charge in [0.05, 0.1) is 36.6 Å². The number of ether oxygens (including phenoxy) is 2. The van der Waals surface area contributed by atoms with E-state index in [0.29, 0.717) is 37.5 Å². The standard InChI is InChI=1S/C17H26N2O5/c1-10-14(11(2)24-18-10)17(21)6-12-8-22-9-13(7-17)19(12)15(20)23-16(3,4)5/h12-13,21H,6-9H2,1-5H3. The molecular weight excluding hydrogens is 312 g/mol. The average Bonchev–Trinajstić information content (AvgIpc) is 2.75. The molecule has 134 valence electrons. The number of aliphatic hydroxyl groups is 1. The Kier molecular flexibility index (Phi) is 4.12. The van der Waals surface area contributed by atoms with E-state index in [1.165, 1.54) is 0 Å². The van der Waals surface area contributed by atoms with Crippen molar-refractivity contribution in [3.63, 3.8) is 0 Å². The van der Waals surface area contributed by atoms with Gasteiger partial charge in [-0.3, -0.25) is 4.90 Å². The second kappa shape index (κ2) is 5.74. The average molecular weight is 338 g/mol. The van der Waals surface area contributed by atoms with Crippen molar-refractivity contribution < 1.29 is 23.9 Å². The van der Waals surface area contributed by atoms with E-state index in [-0.39, 0.29) is 18.2 Å². The first-order chi connectivity index (χ1) is 11.1. The van der Waals surface area contributed by atoms with Crippen LogP contribution in [-0.4, -0.2) is 52.2 Å². The van der Waals surface area contributed by atoms with Crippen LogP contribution in [-0.2, 0) is 15.1 Å². The van der Waals surface area contributed by atoms with Crippen LogP contribution in [0.5, 0.6) is 0 Å². The van der Waals surface area contributed by atoms with Crippen LogP contribution in [0.15, 0.2) is 4.52 Å². The molecule has 2 bridgehead atoms. The maximum Gasteiger partial charge on any atom is 0.410 e. The Hall–Kier alpha value is -1.60. The maximum absolute atomic E-state index is 12.6. The molecule has 1 aromatic rings. The molecule has 0 spiro atoms. The number of carbonyl (C=O) groups is 1. The molecule has 7 nitrogen and oxygen atoms in total. The monoisotopic (exact) mass is 338 g/mol. The fourth-order valence-electron chi connectivity index (χ4n) is 3.94. The predicted molar refractivity (Wildman–Crippen MR) is 85.6 cm³/mol. The molecule has 7 heteroatoms. The molecule has 1 aromatic heterocycles. The number of piperidine rings is 1. The third-order valence-corrected chi connectivity index (χ3v) is 4.66. The number of hydrogen-bond acceptors (Lipinski definition) is 6. The summed E-state index contributed by atoms with van der Waals surface area (Å²) in [5, 5.41) is 15.3. The van der Waals surface area contributed by atoms with Crippen molar-refractivity contribution in [1.29, 1.82) is 0 Å². The van der Waals surface area contributed by atoms with E-state index >= 15 is 0 Å². The van der Waals surface area contributed by atoms with E-state index in [4.69, 9.17) is 14.0 Å². The maximum atomic E-state index is 12.6. The van der Waals surface area contributed by atoms with E-state index in [2.05, 4.69) is 5.16 Å². The van der Waals surface area contributed by atoms with Gasteiger partial charge in [-0.05, 0) is 34.6 Å². The van der Waals surface area contributed by atoms with E-state index in [9.17, 15) is 9.90 Å². The van der Waals surface area contributed by atoms with E-state index in [1.54, 1.807) is 11.8 Å². The van der Waals surface area contributed by atoms with Crippen molar-refractivity contribution in [3.05, 3.63) is 17.0 Å². The third kappa shape index (κ3) is 3.02. The van der Waals surface area contributed by atoms with Crippen molar-refractivity contribution in [2.75, 3.05) is 13.2 Å². The number of nitrogens with zero attached hydrogens (tertiary/aromatic N) is 2. The van der Waals surface area contributed by atoms with Crippen molar-refractivity contribution in [3.8, 4) is 0 Å². The fraction of sp³-hybridized carbons (Fsp3) is 0.765. The molecule has 2 aliphatic heterocycles. The predicted octanol–water partition coefficient (Wildman–Crippen LogP) is 2.28. The molecule has 1 amide bonds. The zero-order valence-electron chi connectivity index (χ0n) is 15.0. The summed E-state index contributed by atoms with van der Waals surface area (Å²) < 4.78 is 16.4. The van der Waals surface area contributed by atoms with Gasteiger partial charge in [0, 0.05) is 18.4 Å². The van der Waals surface area contributed by atoms with Crippen LogP contribution >= 0.6 is 0 Å². The summed E-state index contributed by atoms with van der Waals surface area (Å²) in [6, 6.07) is -0.461. The van der Waals surface area contributed by atoms with Crippen LogP contribution in [0.4, 0.5) is 4.79 Å². The van der Waals surface area contributed by atoms with E-state index < -0.39 is 11.2 Å². The largest absolute Gasteiger partial charge is 0.444 e. The number of aromatic nitrogens is 1. The molecule has 0 saturated carbocycles. The summed E-state index contributed by atoms with van der Waals surface area (Å²) >= 11 is 0. The number of carbonyl (C=O) groups excluding carboxylic acids is 1. The first kappa shape index (κ1) is 17.2. The number of amides is 1. The Balaban J connectivity index is 1.87.